The number of carbonyl (C=O) groups excluding carboxylic acids is 1. The number of carbonyl (C=O) groups is 1. The van der Waals surface area contributed by atoms with Crippen LogP contribution in [0.25, 0.3) is 0 Å². The summed E-state index contributed by atoms with van der Waals surface area (Å²) in [5, 5.41) is 5.39. The Balaban J connectivity index is 1.76. The van der Waals surface area contributed by atoms with Crippen LogP contribution >= 0.6 is 0 Å². The largest absolute Gasteiger partial charge is 0.378 e. The van der Waals surface area contributed by atoms with Crippen LogP contribution in [-0.2, 0) is 0 Å². The average Bonchev–Trinajstić information content (AvgIpc) is 2.65. The van der Waals surface area contributed by atoms with Gasteiger partial charge in [0.15, 0.2) is 0 Å². The molecule has 0 aliphatic carbocycles. The highest BCUT2D eigenvalue weighted by Gasteiger charge is 2.14. The molecule has 0 fully saturated rings. The van der Waals surface area contributed by atoms with Crippen LogP contribution in [0.4, 0.5) is 31.5 Å². The van der Waals surface area contributed by atoms with Crippen LogP contribution in [0.2, 0.25) is 0 Å². The summed E-state index contributed by atoms with van der Waals surface area (Å²) in [5.74, 6) is -2.34. The van der Waals surface area contributed by atoms with Crippen molar-refractivity contribution in [1.29, 1.82) is 0 Å². The number of amides is 1. The lowest BCUT2D eigenvalue weighted by Crippen LogP contribution is -2.14. The quantitative estimate of drug-likeness (QED) is 0.700. The molecule has 2 aromatic carbocycles. The van der Waals surface area contributed by atoms with Crippen molar-refractivity contribution >= 4 is 28.7 Å². The van der Waals surface area contributed by atoms with Crippen LogP contribution in [0.1, 0.15) is 10.4 Å². The molecule has 1 heterocycles. The molecule has 0 spiro atoms. The maximum absolute atomic E-state index is 13.7. The number of hydrogen-bond acceptors (Lipinski definition) is 4. The lowest BCUT2D eigenvalue weighted by molar-refractivity contribution is 0.102. The van der Waals surface area contributed by atoms with Gasteiger partial charge in [0.2, 0.25) is 0 Å². The number of anilines is 4. The highest BCUT2D eigenvalue weighted by Crippen LogP contribution is 2.22. The summed E-state index contributed by atoms with van der Waals surface area (Å²) in [7, 11) is 3.90. The minimum Gasteiger partial charge on any atom is -0.378 e. The molecule has 0 radical (unpaired) electrons. The Labute approximate surface area is 155 Å². The fourth-order valence-corrected chi connectivity index (χ4v) is 2.44. The van der Waals surface area contributed by atoms with Crippen molar-refractivity contribution in [2.75, 3.05) is 29.6 Å². The van der Waals surface area contributed by atoms with E-state index in [4.69, 9.17) is 0 Å². The second-order valence-corrected chi connectivity index (χ2v) is 6.08. The van der Waals surface area contributed by atoms with E-state index in [1.54, 1.807) is 12.3 Å². The molecule has 138 valence electrons. The van der Waals surface area contributed by atoms with Gasteiger partial charge in [-0.25, -0.2) is 8.78 Å². The zero-order chi connectivity index (χ0) is 19.4. The number of nitrogens with zero attached hydrogens (tertiary/aromatic N) is 2. The second kappa shape index (κ2) is 7.82. The van der Waals surface area contributed by atoms with Gasteiger partial charge in [0, 0.05) is 31.7 Å². The summed E-state index contributed by atoms with van der Waals surface area (Å²) < 4.78 is 27.4. The molecular weight excluding hydrogens is 350 g/mol. The first-order chi connectivity index (χ1) is 12.9. The fraction of sp³-hybridized carbons (Fsp3) is 0.100. The van der Waals surface area contributed by atoms with Gasteiger partial charge in [0.25, 0.3) is 5.91 Å². The van der Waals surface area contributed by atoms with Crippen LogP contribution < -0.4 is 15.5 Å². The summed E-state index contributed by atoms with van der Waals surface area (Å²) in [6.45, 7) is 0. The van der Waals surface area contributed by atoms with E-state index in [2.05, 4.69) is 15.6 Å². The van der Waals surface area contributed by atoms with Gasteiger partial charge in [-0.1, -0.05) is 6.07 Å². The normalized spacial score (nSPS) is 10.4. The van der Waals surface area contributed by atoms with Gasteiger partial charge >= 0.3 is 0 Å². The number of aromatic nitrogens is 1. The van der Waals surface area contributed by atoms with Crippen molar-refractivity contribution in [3.8, 4) is 0 Å². The number of nitrogens with one attached hydrogen (secondary N) is 2. The van der Waals surface area contributed by atoms with Gasteiger partial charge in [-0.15, -0.1) is 0 Å². The predicted octanol–water partition coefficient (Wildman–Crippen LogP) is 4.42. The van der Waals surface area contributed by atoms with E-state index in [0.717, 1.165) is 23.5 Å². The van der Waals surface area contributed by atoms with Gasteiger partial charge in [0.1, 0.15) is 17.3 Å². The van der Waals surface area contributed by atoms with E-state index < -0.39 is 23.2 Å². The molecule has 2 N–H and O–H groups in total. The highest BCUT2D eigenvalue weighted by atomic mass is 19.1. The Hall–Kier alpha value is -3.48. The molecule has 0 aliphatic rings. The molecule has 0 saturated carbocycles. The van der Waals surface area contributed by atoms with Crippen molar-refractivity contribution in [3.05, 3.63) is 78.1 Å². The second-order valence-electron chi connectivity index (χ2n) is 6.08. The smallest absolute Gasteiger partial charge is 0.257 e. The summed E-state index contributed by atoms with van der Waals surface area (Å²) >= 11 is 0. The molecule has 0 bridgehead atoms. The lowest BCUT2D eigenvalue weighted by atomic mass is 10.2. The van der Waals surface area contributed by atoms with Crippen LogP contribution in [-0.4, -0.2) is 25.0 Å². The number of pyridine rings is 1. The van der Waals surface area contributed by atoms with E-state index in [1.165, 1.54) is 12.3 Å². The number of benzene rings is 2. The van der Waals surface area contributed by atoms with E-state index in [9.17, 15) is 13.6 Å². The molecule has 3 aromatic rings. The van der Waals surface area contributed by atoms with Gasteiger partial charge in [-0.3, -0.25) is 9.78 Å². The first kappa shape index (κ1) is 18.3. The van der Waals surface area contributed by atoms with Crippen molar-refractivity contribution in [1.82, 2.24) is 4.98 Å². The maximum atomic E-state index is 13.7. The summed E-state index contributed by atoms with van der Waals surface area (Å²) in [5.41, 5.74) is 2.14. The van der Waals surface area contributed by atoms with Crippen molar-refractivity contribution in [3.63, 3.8) is 0 Å². The molecule has 0 unspecified atom stereocenters. The van der Waals surface area contributed by atoms with Crippen LogP contribution in [0.15, 0.2) is 60.9 Å². The van der Waals surface area contributed by atoms with E-state index in [0.29, 0.717) is 5.69 Å². The monoisotopic (exact) mass is 368 g/mol. The average molecular weight is 368 g/mol. The molecule has 1 amide bonds. The maximum Gasteiger partial charge on any atom is 0.257 e. The Morgan fingerprint density at radius 2 is 1.63 bits per heavy atom. The zero-order valence-electron chi connectivity index (χ0n) is 14.8. The number of hydrogen-bond donors (Lipinski definition) is 2. The molecule has 0 atom stereocenters. The number of rotatable bonds is 5. The minimum absolute atomic E-state index is 0.174. The Morgan fingerprint density at radius 1 is 0.963 bits per heavy atom. The third-order valence-corrected chi connectivity index (χ3v) is 3.87. The van der Waals surface area contributed by atoms with Crippen molar-refractivity contribution in [2.24, 2.45) is 0 Å². The Bertz CT molecular complexity index is 938. The summed E-state index contributed by atoms with van der Waals surface area (Å²) in [6.07, 6.45) is 2.88. The van der Waals surface area contributed by atoms with Gasteiger partial charge in [-0.2, -0.15) is 0 Å². The number of para-hydroxylation sites is 1. The summed E-state index contributed by atoms with van der Waals surface area (Å²) in [6, 6.07) is 12.6. The molecule has 1 aromatic heterocycles. The molecule has 3 rings (SSSR count). The highest BCUT2D eigenvalue weighted by molar-refractivity contribution is 6.04. The SMILES string of the molecule is CN(C)c1ccc(Nc2cncc(C(=O)Nc3c(F)cccc3F)c2)cc1. The van der Waals surface area contributed by atoms with Crippen LogP contribution in [0.5, 0.6) is 0 Å². The molecule has 27 heavy (non-hydrogen) atoms. The molecular formula is C20H18F2N4O. The standard InChI is InChI=1S/C20H18F2N4O/c1-26(2)16-8-6-14(7-9-16)24-15-10-13(11-23-12-15)20(27)25-19-17(21)4-3-5-18(19)22/h3-12,24H,1-2H3,(H,25,27). The zero-order valence-corrected chi connectivity index (χ0v) is 14.8. The number of halogens is 2. The lowest BCUT2D eigenvalue weighted by Gasteiger charge is -2.13. The van der Waals surface area contributed by atoms with Crippen molar-refractivity contribution < 1.29 is 13.6 Å². The Kier molecular flexibility index (Phi) is 5.30. The molecule has 7 heteroatoms. The van der Waals surface area contributed by atoms with Crippen LogP contribution in [0.3, 0.4) is 0 Å². The first-order valence-electron chi connectivity index (χ1n) is 8.19. The molecule has 0 saturated heterocycles. The van der Waals surface area contributed by atoms with E-state index in [-0.39, 0.29) is 5.56 Å². The molecule has 0 aliphatic heterocycles. The molecule has 5 nitrogen and oxygen atoms in total. The first-order valence-corrected chi connectivity index (χ1v) is 8.19. The topological polar surface area (TPSA) is 57.3 Å². The van der Waals surface area contributed by atoms with Gasteiger partial charge < -0.3 is 15.5 Å². The van der Waals surface area contributed by atoms with E-state index >= 15 is 0 Å². The van der Waals surface area contributed by atoms with Crippen LogP contribution in [0, 0.1) is 11.6 Å². The summed E-state index contributed by atoms with van der Waals surface area (Å²) in [4.78, 5) is 18.3. The van der Waals surface area contributed by atoms with Crippen molar-refractivity contribution in [2.45, 2.75) is 0 Å². The Morgan fingerprint density at radius 3 is 2.26 bits per heavy atom. The predicted molar refractivity (Wildman–Crippen MR) is 103 cm³/mol. The van der Waals surface area contributed by atoms with Gasteiger partial charge in [-0.05, 0) is 42.5 Å². The van der Waals surface area contributed by atoms with E-state index in [1.807, 2.05) is 43.3 Å². The third-order valence-electron chi connectivity index (χ3n) is 3.87. The minimum atomic E-state index is -0.841. The van der Waals surface area contributed by atoms with Gasteiger partial charge in [0.05, 0.1) is 17.4 Å². The third kappa shape index (κ3) is 4.38. The fourth-order valence-electron chi connectivity index (χ4n) is 2.44.